The fourth-order valence-electron chi connectivity index (χ4n) is 9.22. The van der Waals surface area contributed by atoms with Gasteiger partial charge in [0.05, 0.1) is 35.7 Å². The summed E-state index contributed by atoms with van der Waals surface area (Å²) in [5, 5.41) is 8.33. The summed E-state index contributed by atoms with van der Waals surface area (Å²) in [4.78, 5) is 60.8. The average Bonchev–Trinajstić information content (AvgIpc) is 3.56. The van der Waals surface area contributed by atoms with Crippen LogP contribution in [-0.4, -0.2) is 86.8 Å². The van der Waals surface area contributed by atoms with Crippen LogP contribution >= 0.6 is 11.3 Å². The van der Waals surface area contributed by atoms with E-state index in [4.69, 9.17) is 24.2 Å². The molecule has 4 aromatic heterocycles. The standard InChI is InChI=1S/C46H56N8O6S/c1-8-53-36-15-14-28-20-30(36)31(40(53)29-12-10-17-48-39(29)27(4)58-7)21-46(5,6)24-60-45(57)34-13-11-19-54(52-34)44(56)32(41(59-9-2)43-51-35(28)23-61-43)22-49-42(55)38-26(3)37(38)33-16-18-47-25-50-33/h10,12,14-18,20,23,25-27,32,34,37-38,41,52H,8-9,11,13,19,21-22,24H2,1-7H3,(H,49,55)/t26-,27-,32-,34-,37-,38+,41-/m0/s1. The third kappa shape index (κ3) is 8.45. The fourth-order valence-corrected chi connectivity index (χ4v) is 10.2. The van der Waals surface area contributed by atoms with Crippen molar-refractivity contribution in [3.63, 3.8) is 0 Å². The monoisotopic (exact) mass is 848 g/mol. The van der Waals surface area contributed by atoms with Crippen LogP contribution in [0.25, 0.3) is 33.4 Å². The lowest BCUT2D eigenvalue weighted by Gasteiger charge is -2.37. The van der Waals surface area contributed by atoms with Crippen LogP contribution in [-0.2, 0) is 41.6 Å². The smallest absolute Gasteiger partial charge is 0.324 e. The molecule has 1 aromatic carbocycles. The molecule has 3 aliphatic rings. The summed E-state index contributed by atoms with van der Waals surface area (Å²) < 4.78 is 20.7. The van der Waals surface area contributed by atoms with Gasteiger partial charge in [-0.15, -0.1) is 11.3 Å². The molecule has 2 aliphatic heterocycles. The number of hydrogen-bond acceptors (Lipinski definition) is 12. The summed E-state index contributed by atoms with van der Waals surface area (Å²) in [6.45, 7) is 13.9. The second kappa shape index (κ2) is 17.7. The van der Waals surface area contributed by atoms with Gasteiger partial charge in [0.15, 0.2) is 0 Å². The SMILES string of the molecule is CCO[C@@H]1c2nc(cs2)-c2ccc3c(c2)c(c(-c2cccnc2[C@H](C)OC)n3CC)CC(C)(C)COC(=O)[C@@H]2CCCN(N2)C(=O)[C@H]1CNC(=O)[C@@H]1[C@@H](C)[C@H]1c1ccncn1. The molecule has 61 heavy (non-hydrogen) atoms. The Morgan fingerprint density at radius 2 is 1.98 bits per heavy atom. The quantitative estimate of drug-likeness (QED) is 0.142. The van der Waals surface area contributed by atoms with E-state index < -0.39 is 29.4 Å². The van der Waals surface area contributed by atoms with E-state index in [2.05, 4.69) is 70.3 Å². The largest absolute Gasteiger partial charge is 0.464 e. The summed E-state index contributed by atoms with van der Waals surface area (Å²) in [6, 6.07) is 11.6. The number of pyridine rings is 1. The first kappa shape index (κ1) is 42.6. The van der Waals surface area contributed by atoms with Gasteiger partial charge in [-0.05, 0) is 81.8 Å². The number of cyclic esters (lactones) is 1. The van der Waals surface area contributed by atoms with Crippen LogP contribution < -0.4 is 10.7 Å². The summed E-state index contributed by atoms with van der Waals surface area (Å²) in [6.07, 6.45) is 5.67. The number of carbonyl (C=O) groups excluding carboxylic acids is 3. The molecule has 15 heteroatoms. The van der Waals surface area contributed by atoms with Gasteiger partial charge in [0.25, 0.3) is 0 Å². The van der Waals surface area contributed by atoms with Crippen molar-refractivity contribution in [1.29, 1.82) is 0 Å². The van der Waals surface area contributed by atoms with Crippen molar-refractivity contribution in [3.8, 4) is 22.5 Å². The molecule has 1 aliphatic carbocycles. The number of aromatic nitrogens is 5. The van der Waals surface area contributed by atoms with Gasteiger partial charge in [0.1, 0.15) is 23.5 Å². The minimum absolute atomic E-state index is 0.0130. The molecule has 6 heterocycles. The molecule has 0 radical (unpaired) electrons. The van der Waals surface area contributed by atoms with Gasteiger partial charge in [-0.2, -0.15) is 0 Å². The number of methoxy groups -OCH3 is 1. The molecule has 1 saturated heterocycles. The van der Waals surface area contributed by atoms with E-state index >= 15 is 0 Å². The van der Waals surface area contributed by atoms with Crippen LogP contribution in [0.15, 0.2) is 60.5 Å². The van der Waals surface area contributed by atoms with Crippen molar-refractivity contribution in [1.82, 2.24) is 40.3 Å². The molecule has 0 spiro atoms. The number of nitrogens with zero attached hydrogens (tertiary/aromatic N) is 6. The van der Waals surface area contributed by atoms with Gasteiger partial charge in [-0.3, -0.25) is 24.4 Å². The minimum atomic E-state index is -0.854. The predicted octanol–water partition coefficient (Wildman–Crippen LogP) is 6.82. The van der Waals surface area contributed by atoms with E-state index in [1.807, 2.05) is 38.3 Å². The zero-order valence-electron chi connectivity index (χ0n) is 36.0. The number of amides is 2. The van der Waals surface area contributed by atoms with Crippen molar-refractivity contribution in [3.05, 3.63) is 82.5 Å². The highest BCUT2D eigenvalue weighted by molar-refractivity contribution is 7.10. The lowest BCUT2D eigenvalue weighted by molar-refractivity contribution is -0.157. The first-order chi connectivity index (χ1) is 29.4. The van der Waals surface area contributed by atoms with Crippen molar-refractivity contribution < 1.29 is 28.6 Å². The molecule has 5 aromatic rings. The van der Waals surface area contributed by atoms with Gasteiger partial charge >= 0.3 is 5.97 Å². The number of benzene rings is 1. The Hall–Kier alpha value is -5.09. The van der Waals surface area contributed by atoms with Crippen LogP contribution in [0.1, 0.15) is 94.5 Å². The predicted molar refractivity (Wildman–Crippen MR) is 232 cm³/mol. The summed E-state index contributed by atoms with van der Waals surface area (Å²) in [5.74, 6) is -1.93. The number of carbonyl (C=O) groups is 3. The molecule has 8 rings (SSSR count). The van der Waals surface area contributed by atoms with Crippen molar-refractivity contribution >= 4 is 40.0 Å². The highest BCUT2D eigenvalue weighted by Crippen LogP contribution is 2.53. The van der Waals surface area contributed by atoms with Crippen molar-refractivity contribution in [2.45, 2.75) is 91.5 Å². The number of fused-ring (bicyclic) bond motifs is 6. The van der Waals surface area contributed by atoms with Gasteiger partial charge in [-0.25, -0.2) is 20.4 Å². The molecular formula is C46H56N8O6S. The van der Waals surface area contributed by atoms with Gasteiger partial charge < -0.3 is 24.1 Å². The maximum Gasteiger partial charge on any atom is 0.324 e. The highest BCUT2D eigenvalue weighted by atomic mass is 32.1. The normalized spacial score (nSPS) is 24.5. The number of thiazole rings is 1. The van der Waals surface area contributed by atoms with Crippen LogP contribution in [0.4, 0.5) is 0 Å². The molecule has 6 bridgehead atoms. The lowest BCUT2D eigenvalue weighted by Crippen LogP contribution is -2.58. The molecule has 7 atom stereocenters. The van der Waals surface area contributed by atoms with Gasteiger partial charge in [-0.1, -0.05) is 26.8 Å². The minimum Gasteiger partial charge on any atom is -0.464 e. The number of hydrazine groups is 1. The molecule has 14 nitrogen and oxygen atoms in total. The zero-order chi connectivity index (χ0) is 43.0. The van der Waals surface area contributed by atoms with E-state index in [0.29, 0.717) is 44.0 Å². The third-order valence-electron chi connectivity index (χ3n) is 12.5. The Morgan fingerprint density at radius 3 is 2.74 bits per heavy atom. The number of ether oxygens (including phenoxy) is 3. The molecule has 0 unspecified atom stereocenters. The average molecular weight is 849 g/mol. The fraction of sp³-hybridized carbons (Fsp3) is 0.500. The number of aryl methyl sites for hydroxylation is 1. The Balaban J connectivity index is 1.21. The molecular weight excluding hydrogens is 793 g/mol. The summed E-state index contributed by atoms with van der Waals surface area (Å²) >= 11 is 1.43. The Morgan fingerprint density at radius 1 is 1.15 bits per heavy atom. The van der Waals surface area contributed by atoms with Crippen LogP contribution in [0.2, 0.25) is 0 Å². The lowest BCUT2D eigenvalue weighted by atomic mass is 9.84. The van der Waals surface area contributed by atoms with E-state index in [0.717, 1.165) is 50.4 Å². The van der Waals surface area contributed by atoms with Crippen LogP contribution in [0.5, 0.6) is 0 Å². The molecule has 2 N–H and O–H groups in total. The van der Waals surface area contributed by atoms with E-state index in [9.17, 15) is 14.4 Å². The Kier molecular flexibility index (Phi) is 12.4. The zero-order valence-corrected chi connectivity index (χ0v) is 36.8. The first-order valence-electron chi connectivity index (χ1n) is 21.4. The maximum atomic E-state index is 14.7. The van der Waals surface area contributed by atoms with Crippen LogP contribution in [0.3, 0.4) is 0 Å². The Labute approximate surface area is 360 Å². The van der Waals surface area contributed by atoms with Crippen LogP contribution in [0, 0.1) is 23.2 Å². The molecule has 1 saturated carbocycles. The van der Waals surface area contributed by atoms with E-state index in [1.165, 1.54) is 22.7 Å². The third-order valence-corrected chi connectivity index (χ3v) is 13.4. The van der Waals surface area contributed by atoms with Crippen molar-refractivity contribution in [2.24, 2.45) is 23.2 Å². The van der Waals surface area contributed by atoms with Gasteiger partial charge in [0, 0.05) is 96.1 Å². The number of hydrogen-bond donors (Lipinski definition) is 2. The summed E-state index contributed by atoms with van der Waals surface area (Å²) in [5.41, 5.74) is 10.3. The van der Waals surface area contributed by atoms with Crippen molar-refractivity contribution in [2.75, 3.05) is 33.4 Å². The first-order valence-corrected chi connectivity index (χ1v) is 22.3. The molecule has 2 fully saturated rings. The second-order valence-corrected chi connectivity index (χ2v) is 18.1. The maximum absolute atomic E-state index is 14.7. The molecule has 2 amide bonds. The number of nitrogens with one attached hydrogen (secondary N) is 2. The highest BCUT2D eigenvalue weighted by Gasteiger charge is 2.53. The number of esters is 1. The van der Waals surface area contributed by atoms with E-state index in [-0.39, 0.29) is 48.8 Å². The van der Waals surface area contributed by atoms with Gasteiger partial charge in [0.2, 0.25) is 11.8 Å². The van der Waals surface area contributed by atoms with E-state index in [1.54, 1.807) is 19.5 Å². The number of rotatable bonds is 10. The molecule has 322 valence electrons. The topological polar surface area (TPSA) is 163 Å². The Bertz CT molecular complexity index is 2400. The second-order valence-electron chi connectivity index (χ2n) is 17.2. The summed E-state index contributed by atoms with van der Waals surface area (Å²) in [7, 11) is 1.70.